The molecule has 0 bridgehead atoms. The fourth-order valence-electron chi connectivity index (χ4n) is 2.47. The third-order valence-corrected chi connectivity index (χ3v) is 4.76. The first kappa shape index (κ1) is 11.7. The van der Waals surface area contributed by atoms with Gasteiger partial charge in [0.1, 0.15) is 0 Å². The molecule has 3 aromatic rings. The molecule has 0 spiro atoms. The molecular formula is C15H12N4S. The van der Waals surface area contributed by atoms with Crippen LogP contribution in [0.25, 0.3) is 5.69 Å². The van der Waals surface area contributed by atoms with Crippen molar-refractivity contribution < 1.29 is 0 Å². The van der Waals surface area contributed by atoms with E-state index >= 15 is 0 Å². The Morgan fingerprint density at radius 3 is 2.70 bits per heavy atom. The zero-order chi connectivity index (χ0) is 13.4. The molecule has 20 heavy (non-hydrogen) atoms. The van der Waals surface area contributed by atoms with E-state index in [-0.39, 0.29) is 0 Å². The Morgan fingerprint density at radius 1 is 1.00 bits per heavy atom. The van der Waals surface area contributed by atoms with E-state index in [1.165, 1.54) is 10.5 Å². The predicted molar refractivity (Wildman–Crippen MR) is 77.9 cm³/mol. The van der Waals surface area contributed by atoms with Crippen LogP contribution in [-0.4, -0.2) is 20.2 Å². The van der Waals surface area contributed by atoms with Gasteiger partial charge in [-0.2, -0.15) is 4.68 Å². The summed E-state index contributed by atoms with van der Waals surface area (Å²) in [4.78, 5) is 1.22. The molecule has 0 aliphatic carbocycles. The highest BCUT2D eigenvalue weighted by Crippen LogP contribution is 2.42. The van der Waals surface area contributed by atoms with Crippen LogP contribution >= 0.6 is 11.8 Å². The van der Waals surface area contributed by atoms with Gasteiger partial charge in [0.25, 0.3) is 0 Å². The number of benzene rings is 2. The third-order valence-electron chi connectivity index (χ3n) is 3.44. The topological polar surface area (TPSA) is 43.6 Å². The Bertz CT molecular complexity index is 738. The third kappa shape index (κ3) is 1.91. The quantitative estimate of drug-likeness (QED) is 0.687. The molecule has 0 saturated carbocycles. The average Bonchev–Trinajstić information content (AvgIpc) is 2.90. The summed E-state index contributed by atoms with van der Waals surface area (Å²) in [7, 11) is 0. The minimum absolute atomic E-state index is 0.338. The molecule has 1 unspecified atom stereocenters. The van der Waals surface area contributed by atoms with Gasteiger partial charge in [-0.25, -0.2) is 0 Å². The van der Waals surface area contributed by atoms with E-state index in [9.17, 15) is 0 Å². The Morgan fingerprint density at radius 2 is 1.80 bits per heavy atom. The summed E-state index contributed by atoms with van der Waals surface area (Å²) in [6.07, 6.45) is 0.830. The van der Waals surface area contributed by atoms with Crippen molar-refractivity contribution in [2.75, 3.05) is 0 Å². The normalized spacial score (nSPS) is 17.1. The van der Waals surface area contributed by atoms with E-state index < -0.39 is 0 Å². The van der Waals surface area contributed by atoms with Gasteiger partial charge in [-0.3, -0.25) is 0 Å². The van der Waals surface area contributed by atoms with Crippen LogP contribution in [0.15, 0.2) is 59.5 Å². The highest BCUT2D eigenvalue weighted by molar-refractivity contribution is 7.99. The van der Waals surface area contributed by atoms with Crippen LogP contribution in [0.1, 0.15) is 16.6 Å². The van der Waals surface area contributed by atoms with Gasteiger partial charge < -0.3 is 0 Å². The number of para-hydroxylation sites is 1. The summed E-state index contributed by atoms with van der Waals surface area (Å²) in [6.45, 7) is 0. The van der Waals surface area contributed by atoms with Crippen LogP contribution < -0.4 is 0 Å². The minimum Gasteiger partial charge on any atom is -0.196 e. The number of rotatable bonds is 1. The van der Waals surface area contributed by atoms with Crippen molar-refractivity contribution in [3.63, 3.8) is 0 Å². The average molecular weight is 280 g/mol. The zero-order valence-electron chi connectivity index (χ0n) is 10.7. The maximum Gasteiger partial charge on any atom is 0.158 e. The second kappa shape index (κ2) is 4.76. The molecule has 2 aromatic carbocycles. The Balaban J connectivity index is 1.85. The van der Waals surface area contributed by atoms with E-state index in [1.807, 2.05) is 28.6 Å². The van der Waals surface area contributed by atoms with Crippen LogP contribution in [0, 0.1) is 0 Å². The zero-order valence-corrected chi connectivity index (χ0v) is 11.5. The lowest BCUT2D eigenvalue weighted by molar-refractivity contribution is 0.748. The molecule has 1 aromatic heterocycles. The lowest BCUT2D eigenvalue weighted by Gasteiger charge is -2.13. The smallest absolute Gasteiger partial charge is 0.158 e. The predicted octanol–water partition coefficient (Wildman–Crippen LogP) is 3.05. The summed E-state index contributed by atoms with van der Waals surface area (Å²) < 4.78 is 1.85. The van der Waals surface area contributed by atoms with E-state index in [2.05, 4.69) is 58.0 Å². The van der Waals surface area contributed by atoms with Crippen LogP contribution in [-0.2, 0) is 6.42 Å². The highest BCUT2D eigenvalue weighted by atomic mass is 32.2. The molecule has 1 aliphatic heterocycles. The molecule has 98 valence electrons. The van der Waals surface area contributed by atoms with E-state index in [4.69, 9.17) is 0 Å². The van der Waals surface area contributed by atoms with Gasteiger partial charge >= 0.3 is 0 Å². The largest absolute Gasteiger partial charge is 0.196 e. The molecule has 1 aliphatic rings. The van der Waals surface area contributed by atoms with E-state index in [0.717, 1.165) is 17.9 Å². The van der Waals surface area contributed by atoms with Gasteiger partial charge in [-0.15, -0.1) is 16.9 Å². The van der Waals surface area contributed by atoms with Gasteiger partial charge in [-0.05, 0) is 28.1 Å². The van der Waals surface area contributed by atoms with Crippen LogP contribution in [0.4, 0.5) is 0 Å². The standard InChI is InChI=1S/C15H12N4S/c1-2-6-11(7-3-1)14-10-15-16-17-18-19(15)12-8-4-5-9-13(12)20-14/h1-9,14H,10H2. The maximum atomic E-state index is 4.18. The molecule has 0 radical (unpaired) electrons. The number of hydrogen-bond acceptors (Lipinski definition) is 4. The van der Waals surface area contributed by atoms with Crippen LogP contribution in [0.2, 0.25) is 0 Å². The van der Waals surface area contributed by atoms with Crippen molar-refractivity contribution in [3.8, 4) is 5.69 Å². The number of thioether (sulfide) groups is 1. The Hall–Kier alpha value is -2.14. The summed E-state index contributed by atoms with van der Waals surface area (Å²) in [6, 6.07) is 18.8. The molecule has 0 fully saturated rings. The van der Waals surface area contributed by atoms with E-state index in [0.29, 0.717) is 5.25 Å². The lowest BCUT2D eigenvalue weighted by atomic mass is 10.1. The second-order valence-corrected chi connectivity index (χ2v) is 5.94. The molecule has 4 rings (SSSR count). The van der Waals surface area contributed by atoms with Gasteiger partial charge in [0.05, 0.1) is 5.69 Å². The summed E-state index contributed by atoms with van der Waals surface area (Å²) in [5.74, 6) is 0.913. The molecular weight excluding hydrogens is 268 g/mol. The first-order valence-corrected chi connectivity index (χ1v) is 7.38. The SMILES string of the molecule is c1ccc(C2Cc3nnnn3-c3ccccc3S2)cc1. The van der Waals surface area contributed by atoms with Crippen molar-refractivity contribution in [2.45, 2.75) is 16.6 Å². The Kier molecular flexibility index (Phi) is 2.77. The van der Waals surface area contributed by atoms with Crippen molar-refractivity contribution in [3.05, 3.63) is 66.0 Å². The first-order chi connectivity index (χ1) is 9.92. The van der Waals surface area contributed by atoms with Gasteiger partial charge in [0.2, 0.25) is 0 Å². The van der Waals surface area contributed by atoms with E-state index in [1.54, 1.807) is 0 Å². The molecule has 0 amide bonds. The number of nitrogens with zero attached hydrogens (tertiary/aromatic N) is 4. The van der Waals surface area contributed by atoms with Crippen molar-refractivity contribution >= 4 is 11.8 Å². The number of hydrogen-bond donors (Lipinski definition) is 0. The van der Waals surface area contributed by atoms with Crippen molar-refractivity contribution in [1.29, 1.82) is 0 Å². The number of aromatic nitrogens is 4. The summed E-state index contributed by atoms with van der Waals surface area (Å²) in [5.41, 5.74) is 2.37. The van der Waals surface area contributed by atoms with Crippen molar-refractivity contribution in [1.82, 2.24) is 20.2 Å². The minimum atomic E-state index is 0.338. The molecule has 0 saturated heterocycles. The van der Waals surface area contributed by atoms with Gasteiger partial charge in [-0.1, -0.05) is 42.5 Å². The monoisotopic (exact) mass is 280 g/mol. The fraction of sp³-hybridized carbons (Fsp3) is 0.133. The lowest BCUT2D eigenvalue weighted by Crippen LogP contribution is -2.04. The molecule has 0 N–H and O–H groups in total. The van der Waals surface area contributed by atoms with Gasteiger partial charge in [0, 0.05) is 16.6 Å². The molecule has 2 heterocycles. The number of tetrazole rings is 1. The maximum absolute atomic E-state index is 4.18. The fourth-order valence-corrected chi connectivity index (χ4v) is 3.73. The molecule has 5 heteroatoms. The summed E-state index contributed by atoms with van der Waals surface area (Å²) >= 11 is 1.86. The van der Waals surface area contributed by atoms with Crippen molar-refractivity contribution in [2.24, 2.45) is 0 Å². The van der Waals surface area contributed by atoms with Crippen LogP contribution in [0.5, 0.6) is 0 Å². The molecule has 1 atom stereocenters. The highest BCUT2D eigenvalue weighted by Gasteiger charge is 2.24. The van der Waals surface area contributed by atoms with Gasteiger partial charge in [0.15, 0.2) is 5.82 Å². The second-order valence-electron chi connectivity index (χ2n) is 4.70. The number of fused-ring (bicyclic) bond motifs is 3. The summed E-state index contributed by atoms with van der Waals surface area (Å²) in [5, 5.41) is 12.5. The Labute approximate surface area is 120 Å². The van der Waals surface area contributed by atoms with Crippen LogP contribution in [0.3, 0.4) is 0 Å². The first-order valence-electron chi connectivity index (χ1n) is 6.50. The molecule has 4 nitrogen and oxygen atoms in total.